The summed E-state index contributed by atoms with van der Waals surface area (Å²) in [5.41, 5.74) is 4.07. The first kappa shape index (κ1) is 17.3. The van der Waals surface area contributed by atoms with Gasteiger partial charge in [-0.2, -0.15) is 0 Å². The van der Waals surface area contributed by atoms with Crippen LogP contribution >= 0.6 is 0 Å². The molecule has 2 aliphatic carbocycles. The van der Waals surface area contributed by atoms with Crippen LogP contribution < -0.4 is 9.47 Å². The van der Waals surface area contributed by atoms with Crippen molar-refractivity contribution < 1.29 is 23.8 Å². The second-order valence-corrected chi connectivity index (χ2v) is 7.02. The number of carbonyl (C=O) groups is 2. The molecule has 0 aliphatic heterocycles. The van der Waals surface area contributed by atoms with Crippen molar-refractivity contribution in [2.24, 2.45) is 0 Å². The van der Waals surface area contributed by atoms with E-state index in [0.29, 0.717) is 11.5 Å². The van der Waals surface area contributed by atoms with Crippen molar-refractivity contribution in [1.29, 1.82) is 0 Å². The van der Waals surface area contributed by atoms with E-state index >= 15 is 0 Å². The highest BCUT2D eigenvalue weighted by Crippen LogP contribution is 2.60. The number of hydrogen-bond donors (Lipinski definition) is 0. The van der Waals surface area contributed by atoms with Crippen LogP contribution in [0.1, 0.15) is 41.9 Å². The molecule has 2 atom stereocenters. The van der Waals surface area contributed by atoms with E-state index in [4.69, 9.17) is 14.2 Å². The Kier molecular flexibility index (Phi) is 4.02. The Labute approximate surface area is 157 Å². The molecule has 27 heavy (non-hydrogen) atoms. The van der Waals surface area contributed by atoms with Crippen LogP contribution in [0.2, 0.25) is 0 Å². The van der Waals surface area contributed by atoms with E-state index in [1.165, 1.54) is 12.7 Å². The Morgan fingerprint density at radius 3 is 2.56 bits per heavy atom. The first-order valence-electron chi connectivity index (χ1n) is 8.83. The van der Waals surface area contributed by atoms with E-state index in [1.54, 1.807) is 0 Å². The number of ether oxygens (including phenoxy) is 3. The standard InChI is InChI=1S/C22H20O5/c1-5-17(23)26-20-14-7-6-11(2)8-16(14)21(27-22(24)25-4)18-13-9-12(3)15(10-13)19(18)20/h5-9,13,15H,1,10H2,2-4H3. The van der Waals surface area contributed by atoms with Gasteiger partial charge in [-0.05, 0) is 26.3 Å². The second kappa shape index (κ2) is 6.27. The molecule has 2 bridgehead atoms. The Balaban J connectivity index is 2.06. The first-order valence-corrected chi connectivity index (χ1v) is 8.83. The third kappa shape index (κ3) is 2.62. The molecule has 2 aromatic rings. The summed E-state index contributed by atoms with van der Waals surface area (Å²) in [5.74, 6) is 0.774. The lowest BCUT2D eigenvalue weighted by Gasteiger charge is -2.23. The van der Waals surface area contributed by atoms with Crippen molar-refractivity contribution in [1.82, 2.24) is 0 Å². The number of fused-ring (bicyclic) bond motifs is 6. The van der Waals surface area contributed by atoms with E-state index in [1.807, 2.05) is 25.1 Å². The lowest BCUT2D eigenvalue weighted by molar-refractivity contribution is -0.128. The summed E-state index contributed by atoms with van der Waals surface area (Å²) in [7, 11) is 1.28. The van der Waals surface area contributed by atoms with Crippen LogP contribution in [0, 0.1) is 6.92 Å². The van der Waals surface area contributed by atoms with E-state index in [0.717, 1.165) is 40.0 Å². The van der Waals surface area contributed by atoms with Gasteiger partial charge in [0.1, 0.15) is 11.5 Å². The van der Waals surface area contributed by atoms with Gasteiger partial charge in [-0.1, -0.05) is 35.9 Å². The maximum absolute atomic E-state index is 12.0. The summed E-state index contributed by atoms with van der Waals surface area (Å²) in [5, 5.41) is 1.46. The summed E-state index contributed by atoms with van der Waals surface area (Å²) in [6.45, 7) is 7.54. The van der Waals surface area contributed by atoms with E-state index in [9.17, 15) is 9.59 Å². The Morgan fingerprint density at radius 1 is 1.11 bits per heavy atom. The Bertz CT molecular complexity index is 1030. The van der Waals surface area contributed by atoms with Gasteiger partial charge in [0, 0.05) is 39.8 Å². The van der Waals surface area contributed by atoms with E-state index in [2.05, 4.69) is 19.6 Å². The third-order valence-corrected chi connectivity index (χ3v) is 5.39. The van der Waals surface area contributed by atoms with Crippen molar-refractivity contribution in [3.63, 3.8) is 0 Å². The molecule has 2 aliphatic rings. The summed E-state index contributed by atoms with van der Waals surface area (Å²) in [4.78, 5) is 24.0. The zero-order valence-corrected chi connectivity index (χ0v) is 15.5. The number of esters is 1. The molecule has 138 valence electrons. The van der Waals surface area contributed by atoms with Crippen LogP contribution in [-0.2, 0) is 9.53 Å². The van der Waals surface area contributed by atoms with E-state index < -0.39 is 12.1 Å². The minimum Gasteiger partial charge on any atom is -0.437 e. The van der Waals surface area contributed by atoms with Crippen molar-refractivity contribution in [2.75, 3.05) is 7.11 Å². The predicted octanol–water partition coefficient (Wildman–Crippen LogP) is 4.92. The molecule has 0 heterocycles. The molecule has 0 spiro atoms. The maximum Gasteiger partial charge on any atom is 0.513 e. The third-order valence-electron chi connectivity index (χ3n) is 5.39. The van der Waals surface area contributed by atoms with Crippen molar-refractivity contribution in [2.45, 2.75) is 32.1 Å². The van der Waals surface area contributed by atoms with Crippen LogP contribution in [0.3, 0.4) is 0 Å². The van der Waals surface area contributed by atoms with Crippen LogP contribution in [0.25, 0.3) is 10.8 Å². The first-order chi connectivity index (χ1) is 12.9. The average Bonchev–Trinajstić information content (AvgIpc) is 3.21. The SMILES string of the molecule is C=CC(=O)Oc1c2c(c(OC(=O)OC)c3cc(C)ccc13)C1C=C(C)C2C1. The van der Waals surface area contributed by atoms with Crippen LogP contribution in [0.15, 0.2) is 42.5 Å². The number of rotatable bonds is 3. The molecule has 0 N–H and O–H groups in total. The topological polar surface area (TPSA) is 61.8 Å². The molecular weight excluding hydrogens is 344 g/mol. The number of aryl methyl sites for hydroxylation is 1. The van der Waals surface area contributed by atoms with Gasteiger partial charge >= 0.3 is 12.1 Å². The number of hydrogen-bond acceptors (Lipinski definition) is 5. The molecule has 0 aromatic heterocycles. The highest BCUT2D eigenvalue weighted by atomic mass is 16.7. The molecule has 0 saturated heterocycles. The van der Waals surface area contributed by atoms with Crippen LogP contribution in [0.4, 0.5) is 4.79 Å². The predicted molar refractivity (Wildman–Crippen MR) is 101 cm³/mol. The lowest BCUT2D eigenvalue weighted by atomic mass is 9.87. The largest absolute Gasteiger partial charge is 0.513 e. The minimum atomic E-state index is -0.765. The van der Waals surface area contributed by atoms with Crippen molar-refractivity contribution in [3.8, 4) is 11.5 Å². The summed E-state index contributed by atoms with van der Waals surface area (Å²) >= 11 is 0. The highest BCUT2D eigenvalue weighted by molar-refractivity contribution is 6.01. The molecule has 2 unspecified atom stereocenters. The summed E-state index contributed by atoms with van der Waals surface area (Å²) < 4.78 is 16.0. The summed E-state index contributed by atoms with van der Waals surface area (Å²) in [6.07, 6.45) is 3.46. The molecule has 5 nitrogen and oxygen atoms in total. The fourth-order valence-corrected chi connectivity index (χ4v) is 4.27. The Hall–Kier alpha value is -3.08. The number of allylic oxidation sites excluding steroid dienone is 2. The molecule has 2 aromatic carbocycles. The van der Waals surface area contributed by atoms with Gasteiger partial charge in [0.15, 0.2) is 0 Å². The monoisotopic (exact) mass is 364 g/mol. The highest BCUT2D eigenvalue weighted by Gasteiger charge is 2.43. The minimum absolute atomic E-state index is 0.121. The molecule has 4 rings (SSSR count). The molecule has 0 radical (unpaired) electrons. The van der Waals surface area contributed by atoms with Gasteiger partial charge < -0.3 is 14.2 Å². The zero-order chi connectivity index (χ0) is 19.3. The quantitative estimate of drug-likeness (QED) is 0.254. The maximum atomic E-state index is 12.0. The van der Waals surface area contributed by atoms with E-state index in [-0.39, 0.29) is 11.8 Å². The van der Waals surface area contributed by atoms with Gasteiger partial charge in [-0.3, -0.25) is 0 Å². The van der Waals surface area contributed by atoms with Gasteiger partial charge in [-0.15, -0.1) is 0 Å². The molecular formula is C22H20O5. The molecule has 0 amide bonds. The lowest BCUT2D eigenvalue weighted by Crippen LogP contribution is -2.13. The molecule has 0 saturated carbocycles. The van der Waals surface area contributed by atoms with Gasteiger partial charge in [-0.25, -0.2) is 9.59 Å². The summed E-state index contributed by atoms with van der Waals surface area (Å²) in [6, 6.07) is 5.77. The van der Waals surface area contributed by atoms with Gasteiger partial charge in [0.2, 0.25) is 0 Å². The van der Waals surface area contributed by atoms with Crippen molar-refractivity contribution >= 4 is 22.9 Å². The second-order valence-electron chi connectivity index (χ2n) is 7.02. The zero-order valence-electron chi connectivity index (χ0n) is 15.5. The normalized spacial score (nSPS) is 19.4. The number of methoxy groups -OCH3 is 1. The molecule has 5 heteroatoms. The van der Waals surface area contributed by atoms with Gasteiger partial charge in [0.25, 0.3) is 0 Å². The van der Waals surface area contributed by atoms with Crippen LogP contribution in [-0.4, -0.2) is 19.2 Å². The fraction of sp³-hybridized carbons (Fsp3) is 0.273. The Morgan fingerprint density at radius 2 is 1.85 bits per heavy atom. The van der Waals surface area contributed by atoms with Crippen LogP contribution in [0.5, 0.6) is 11.5 Å². The van der Waals surface area contributed by atoms with Crippen molar-refractivity contribution in [3.05, 3.63) is 59.2 Å². The molecule has 0 fully saturated rings. The number of carbonyl (C=O) groups excluding carboxylic acids is 2. The van der Waals surface area contributed by atoms with Gasteiger partial charge in [0.05, 0.1) is 7.11 Å². The number of benzene rings is 2. The fourth-order valence-electron chi connectivity index (χ4n) is 4.27. The average molecular weight is 364 g/mol. The smallest absolute Gasteiger partial charge is 0.437 e.